The molecule has 0 bridgehead atoms. The van der Waals surface area contributed by atoms with E-state index in [0.717, 1.165) is 12.8 Å². The monoisotopic (exact) mass is 230 g/mol. The van der Waals surface area contributed by atoms with Crippen molar-refractivity contribution in [3.8, 4) is 0 Å². The van der Waals surface area contributed by atoms with E-state index in [1.165, 1.54) is 0 Å². The molecule has 6 heteroatoms. The van der Waals surface area contributed by atoms with Crippen molar-refractivity contribution in [1.29, 1.82) is 0 Å². The summed E-state index contributed by atoms with van der Waals surface area (Å²) >= 11 is 0. The maximum Gasteiger partial charge on any atom is 0.326 e. The number of carbonyl (C=O) groups is 2. The zero-order chi connectivity index (χ0) is 12.2. The van der Waals surface area contributed by atoms with Crippen LogP contribution in [-0.2, 0) is 4.79 Å². The standard InChI is InChI=1S/C10H18N2O4/c1-10(3-4-10)6-11-9(16)12-7(2-5-13)8(14)15/h7,13H,2-6H2,1H3,(H,14,15)(H2,11,12,16). The molecule has 0 spiro atoms. The number of rotatable bonds is 6. The molecule has 0 aromatic rings. The molecule has 16 heavy (non-hydrogen) atoms. The summed E-state index contributed by atoms with van der Waals surface area (Å²) in [4.78, 5) is 22.0. The van der Waals surface area contributed by atoms with Crippen LogP contribution in [0.4, 0.5) is 4.79 Å². The number of hydrogen-bond donors (Lipinski definition) is 4. The van der Waals surface area contributed by atoms with Crippen molar-refractivity contribution in [2.75, 3.05) is 13.2 Å². The second kappa shape index (κ2) is 5.16. The minimum absolute atomic E-state index is 0.0139. The average molecular weight is 230 g/mol. The number of carboxylic acids is 1. The molecule has 1 fully saturated rings. The fourth-order valence-corrected chi connectivity index (χ4v) is 1.28. The van der Waals surface area contributed by atoms with E-state index in [4.69, 9.17) is 10.2 Å². The predicted molar refractivity (Wildman–Crippen MR) is 57.0 cm³/mol. The van der Waals surface area contributed by atoms with Crippen LogP contribution in [0.25, 0.3) is 0 Å². The van der Waals surface area contributed by atoms with Gasteiger partial charge in [-0.05, 0) is 18.3 Å². The largest absolute Gasteiger partial charge is 0.480 e. The van der Waals surface area contributed by atoms with Gasteiger partial charge in [0, 0.05) is 19.6 Å². The zero-order valence-electron chi connectivity index (χ0n) is 9.32. The number of urea groups is 1. The third-order valence-corrected chi connectivity index (χ3v) is 2.80. The van der Waals surface area contributed by atoms with Gasteiger partial charge < -0.3 is 20.8 Å². The number of aliphatic hydroxyl groups is 1. The van der Waals surface area contributed by atoms with E-state index in [0.29, 0.717) is 6.54 Å². The molecule has 1 atom stereocenters. The SMILES string of the molecule is CC1(CNC(=O)NC(CCO)C(=O)O)CC1. The molecular weight excluding hydrogens is 212 g/mol. The first kappa shape index (κ1) is 12.8. The Morgan fingerprint density at radius 1 is 1.44 bits per heavy atom. The number of hydrogen-bond acceptors (Lipinski definition) is 3. The summed E-state index contributed by atoms with van der Waals surface area (Å²) in [5, 5.41) is 22.3. The van der Waals surface area contributed by atoms with Crippen molar-refractivity contribution in [3.63, 3.8) is 0 Å². The number of aliphatic hydroxyl groups excluding tert-OH is 1. The number of amides is 2. The van der Waals surface area contributed by atoms with Crippen molar-refractivity contribution in [1.82, 2.24) is 10.6 Å². The molecule has 1 aliphatic rings. The summed E-state index contributed by atoms with van der Waals surface area (Å²) in [6, 6.07) is -1.52. The number of carbonyl (C=O) groups excluding carboxylic acids is 1. The fraction of sp³-hybridized carbons (Fsp3) is 0.800. The third kappa shape index (κ3) is 4.06. The highest BCUT2D eigenvalue weighted by Gasteiger charge is 2.37. The Morgan fingerprint density at radius 2 is 2.06 bits per heavy atom. The van der Waals surface area contributed by atoms with Crippen LogP contribution in [-0.4, -0.2) is 41.4 Å². The first-order chi connectivity index (χ1) is 7.47. The van der Waals surface area contributed by atoms with Gasteiger partial charge in [0.15, 0.2) is 0 Å². The zero-order valence-corrected chi connectivity index (χ0v) is 9.32. The highest BCUT2D eigenvalue weighted by atomic mass is 16.4. The molecule has 0 aromatic heterocycles. The van der Waals surface area contributed by atoms with Crippen molar-refractivity contribution in [2.45, 2.75) is 32.2 Å². The second-order valence-corrected chi connectivity index (χ2v) is 4.54. The van der Waals surface area contributed by atoms with E-state index in [9.17, 15) is 9.59 Å². The number of nitrogens with one attached hydrogen (secondary N) is 2. The van der Waals surface area contributed by atoms with Crippen LogP contribution in [0.15, 0.2) is 0 Å². The van der Waals surface area contributed by atoms with E-state index >= 15 is 0 Å². The molecule has 0 radical (unpaired) electrons. The van der Waals surface area contributed by atoms with Gasteiger partial charge in [-0.15, -0.1) is 0 Å². The second-order valence-electron chi connectivity index (χ2n) is 4.54. The van der Waals surface area contributed by atoms with Gasteiger partial charge in [-0.25, -0.2) is 9.59 Å². The third-order valence-electron chi connectivity index (χ3n) is 2.80. The Labute approximate surface area is 94.0 Å². The lowest BCUT2D eigenvalue weighted by atomic mass is 10.1. The van der Waals surface area contributed by atoms with Gasteiger partial charge in [-0.2, -0.15) is 0 Å². The summed E-state index contributed by atoms with van der Waals surface area (Å²) in [7, 11) is 0. The number of aliphatic carboxylic acids is 1. The summed E-state index contributed by atoms with van der Waals surface area (Å²) in [6.07, 6.45) is 2.19. The van der Waals surface area contributed by atoms with Gasteiger partial charge in [0.1, 0.15) is 6.04 Å². The molecule has 0 heterocycles. The van der Waals surface area contributed by atoms with Gasteiger partial charge in [-0.1, -0.05) is 6.92 Å². The van der Waals surface area contributed by atoms with E-state index in [1.54, 1.807) is 0 Å². The molecule has 2 amide bonds. The molecule has 1 rings (SSSR count). The molecule has 0 aromatic carbocycles. The van der Waals surface area contributed by atoms with Crippen LogP contribution in [0.1, 0.15) is 26.2 Å². The molecule has 92 valence electrons. The highest BCUT2D eigenvalue weighted by molar-refractivity contribution is 5.82. The summed E-state index contributed by atoms with van der Waals surface area (Å²) in [6.45, 7) is 2.36. The summed E-state index contributed by atoms with van der Waals surface area (Å²) in [5.41, 5.74) is 0.188. The van der Waals surface area contributed by atoms with Gasteiger partial charge in [0.05, 0.1) is 0 Å². The lowest BCUT2D eigenvalue weighted by molar-refractivity contribution is -0.139. The van der Waals surface area contributed by atoms with Gasteiger partial charge in [-0.3, -0.25) is 0 Å². The van der Waals surface area contributed by atoms with Crippen LogP contribution in [0.5, 0.6) is 0 Å². The Hall–Kier alpha value is -1.30. The first-order valence-electron chi connectivity index (χ1n) is 5.35. The summed E-state index contributed by atoms with van der Waals surface area (Å²) in [5.74, 6) is -1.14. The molecule has 4 N–H and O–H groups in total. The molecular formula is C10H18N2O4. The quantitative estimate of drug-likeness (QED) is 0.513. The van der Waals surface area contributed by atoms with Crippen molar-refractivity contribution in [2.24, 2.45) is 5.41 Å². The van der Waals surface area contributed by atoms with E-state index in [2.05, 4.69) is 17.6 Å². The first-order valence-corrected chi connectivity index (χ1v) is 5.35. The van der Waals surface area contributed by atoms with Crippen LogP contribution >= 0.6 is 0 Å². The topological polar surface area (TPSA) is 98.7 Å². The lowest BCUT2D eigenvalue weighted by Crippen LogP contribution is -2.47. The minimum atomic E-state index is -1.14. The Bertz CT molecular complexity index is 276. The maximum absolute atomic E-state index is 11.3. The summed E-state index contributed by atoms with van der Waals surface area (Å²) < 4.78 is 0. The molecule has 1 saturated carbocycles. The van der Waals surface area contributed by atoms with E-state index < -0.39 is 18.0 Å². The van der Waals surface area contributed by atoms with Crippen LogP contribution in [0.2, 0.25) is 0 Å². The fourth-order valence-electron chi connectivity index (χ4n) is 1.28. The molecule has 1 unspecified atom stereocenters. The molecule has 0 aliphatic heterocycles. The minimum Gasteiger partial charge on any atom is -0.480 e. The molecule has 0 saturated heterocycles. The Kier molecular flexibility index (Phi) is 4.12. The normalized spacial score (nSPS) is 18.6. The van der Waals surface area contributed by atoms with E-state index in [1.807, 2.05) is 0 Å². The van der Waals surface area contributed by atoms with Crippen molar-refractivity contribution >= 4 is 12.0 Å². The van der Waals surface area contributed by atoms with Crippen molar-refractivity contribution in [3.05, 3.63) is 0 Å². The maximum atomic E-state index is 11.3. The van der Waals surface area contributed by atoms with Gasteiger partial charge in [0.2, 0.25) is 0 Å². The predicted octanol–water partition coefficient (Wildman–Crippen LogP) is -0.0787. The smallest absolute Gasteiger partial charge is 0.326 e. The Balaban J connectivity index is 2.27. The highest BCUT2D eigenvalue weighted by Crippen LogP contribution is 2.43. The lowest BCUT2D eigenvalue weighted by Gasteiger charge is -2.15. The van der Waals surface area contributed by atoms with E-state index in [-0.39, 0.29) is 18.4 Å². The average Bonchev–Trinajstić information content (AvgIpc) is 2.94. The van der Waals surface area contributed by atoms with Gasteiger partial charge in [0.25, 0.3) is 0 Å². The van der Waals surface area contributed by atoms with Crippen LogP contribution in [0, 0.1) is 5.41 Å². The Morgan fingerprint density at radius 3 is 2.50 bits per heavy atom. The van der Waals surface area contributed by atoms with Gasteiger partial charge >= 0.3 is 12.0 Å². The van der Waals surface area contributed by atoms with Crippen LogP contribution < -0.4 is 10.6 Å². The molecule has 1 aliphatic carbocycles. The molecule has 6 nitrogen and oxygen atoms in total. The van der Waals surface area contributed by atoms with Crippen molar-refractivity contribution < 1.29 is 19.8 Å². The number of carboxylic acid groups (broad SMARTS) is 1. The van der Waals surface area contributed by atoms with Crippen LogP contribution in [0.3, 0.4) is 0 Å².